The van der Waals surface area contributed by atoms with Crippen molar-refractivity contribution in [1.82, 2.24) is 0 Å². The van der Waals surface area contributed by atoms with Crippen molar-refractivity contribution in [2.75, 3.05) is 12.3 Å². The third-order valence-electron chi connectivity index (χ3n) is 1.98. The summed E-state index contributed by atoms with van der Waals surface area (Å²) in [6.07, 6.45) is 0.948. The van der Waals surface area contributed by atoms with Gasteiger partial charge in [0.25, 0.3) is 0 Å². The highest BCUT2D eigenvalue weighted by atomic mass is 79.9. The fourth-order valence-electron chi connectivity index (χ4n) is 1.13. The van der Waals surface area contributed by atoms with Crippen LogP contribution in [0, 0.1) is 11.7 Å². The van der Waals surface area contributed by atoms with Gasteiger partial charge in [0.05, 0.1) is 16.8 Å². The third kappa shape index (κ3) is 3.70. The molecule has 0 radical (unpaired) electrons. The average molecular weight is 276 g/mol. The van der Waals surface area contributed by atoms with E-state index in [-0.39, 0.29) is 5.82 Å². The average Bonchev–Trinajstić information content (AvgIpc) is 2.08. The van der Waals surface area contributed by atoms with Crippen molar-refractivity contribution in [2.24, 2.45) is 5.92 Å². The molecule has 0 spiro atoms. The van der Waals surface area contributed by atoms with Crippen LogP contribution >= 0.6 is 15.9 Å². The minimum absolute atomic E-state index is 0.325. The second-order valence-corrected chi connectivity index (χ2v) is 4.69. The molecular formula is C11H15BrFNO. The second-order valence-electron chi connectivity index (χ2n) is 3.84. The van der Waals surface area contributed by atoms with Crippen LogP contribution < -0.4 is 10.5 Å². The molecule has 4 heteroatoms. The third-order valence-corrected chi connectivity index (χ3v) is 2.57. The zero-order valence-electron chi connectivity index (χ0n) is 8.89. The normalized spacial score (nSPS) is 10.7. The van der Waals surface area contributed by atoms with Gasteiger partial charge < -0.3 is 10.5 Å². The fourth-order valence-corrected chi connectivity index (χ4v) is 1.69. The topological polar surface area (TPSA) is 35.2 Å². The monoisotopic (exact) mass is 275 g/mol. The number of benzene rings is 1. The van der Waals surface area contributed by atoms with Gasteiger partial charge in [-0.1, -0.05) is 13.8 Å². The minimum atomic E-state index is -0.365. The van der Waals surface area contributed by atoms with Gasteiger partial charge in [0.1, 0.15) is 5.82 Å². The first-order valence-electron chi connectivity index (χ1n) is 4.88. The molecule has 1 rings (SSSR count). The van der Waals surface area contributed by atoms with E-state index in [2.05, 4.69) is 29.8 Å². The van der Waals surface area contributed by atoms with Crippen LogP contribution in [-0.4, -0.2) is 6.61 Å². The summed E-state index contributed by atoms with van der Waals surface area (Å²) >= 11 is 3.22. The van der Waals surface area contributed by atoms with E-state index in [9.17, 15) is 4.39 Å². The molecule has 0 bridgehead atoms. The summed E-state index contributed by atoms with van der Waals surface area (Å²) < 4.78 is 18.9. The van der Waals surface area contributed by atoms with Gasteiger partial charge >= 0.3 is 0 Å². The van der Waals surface area contributed by atoms with E-state index in [1.807, 2.05) is 0 Å². The first kappa shape index (κ1) is 12.3. The maximum Gasteiger partial charge on any atom is 0.156 e. The minimum Gasteiger partial charge on any atom is -0.490 e. The van der Waals surface area contributed by atoms with Crippen molar-refractivity contribution in [2.45, 2.75) is 20.3 Å². The molecule has 0 aromatic heterocycles. The van der Waals surface area contributed by atoms with Gasteiger partial charge in [0.2, 0.25) is 0 Å². The van der Waals surface area contributed by atoms with Gasteiger partial charge in [-0.15, -0.1) is 0 Å². The van der Waals surface area contributed by atoms with Gasteiger partial charge in [-0.3, -0.25) is 0 Å². The molecule has 84 valence electrons. The molecular weight excluding hydrogens is 261 g/mol. The van der Waals surface area contributed by atoms with E-state index < -0.39 is 0 Å². The molecule has 0 saturated heterocycles. The van der Waals surface area contributed by atoms with Crippen molar-refractivity contribution in [1.29, 1.82) is 0 Å². The number of ether oxygens (including phenoxy) is 1. The van der Waals surface area contributed by atoms with Gasteiger partial charge in [-0.2, -0.15) is 0 Å². The molecule has 0 amide bonds. The Balaban J connectivity index is 2.68. The molecule has 0 heterocycles. The smallest absolute Gasteiger partial charge is 0.156 e. The van der Waals surface area contributed by atoms with Gasteiger partial charge in [0, 0.05) is 6.07 Å². The highest BCUT2D eigenvalue weighted by Crippen LogP contribution is 2.32. The predicted octanol–water partition coefficient (Wildman–Crippen LogP) is 3.60. The van der Waals surface area contributed by atoms with Crippen LogP contribution in [0.2, 0.25) is 0 Å². The van der Waals surface area contributed by atoms with Gasteiger partial charge in [-0.05, 0) is 34.3 Å². The van der Waals surface area contributed by atoms with Crippen LogP contribution in [0.3, 0.4) is 0 Å². The lowest BCUT2D eigenvalue weighted by atomic mass is 10.1. The summed E-state index contributed by atoms with van der Waals surface area (Å²) in [5.41, 5.74) is 5.97. The second kappa shape index (κ2) is 5.35. The standard InChI is InChI=1S/C11H15BrFNO/c1-7(2)3-4-15-11-9(12)5-8(13)6-10(11)14/h5-7H,3-4,14H2,1-2H3. The summed E-state index contributed by atoms with van der Waals surface area (Å²) in [4.78, 5) is 0. The molecule has 1 aromatic rings. The molecule has 2 nitrogen and oxygen atoms in total. The van der Waals surface area contributed by atoms with Crippen molar-refractivity contribution in [3.05, 3.63) is 22.4 Å². The Kier molecular flexibility index (Phi) is 4.39. The lowest BCUT2D eigenvalue weighted by Crippen LogP contribution is -2.04. The van der Waals surface area contributed by atoms with Gasteiger partial charge in [0.15, 0.2) is 5.75 Å². The highest BCUT2D eigenvalue weighted by molar-refractivity contribution is 9.10. The van der Waals surface area contributed by atoms with E-state index in [1.54, 1.807) is 0 Å². The van der Waals surface area contributed by atoms with Crippen molar-refractivity contribution in [3.63, 3.8) is 0 Å². The van der Waals surface area contributed by atoms with Crippen LogP contribution in [0.4, 0.5) is 10.1 Å². The highest BCUT2D eigenvalue weighted by Gasteiger charge is 2.08. The maximum atomic E-state index is 12.9. The quantitative estimate of drug-likeness (QED) is 0.853. The Morgan fingerprint density at radius 1 is 1.47 bits per heavy atom. The van der Waals surface area contributed by atoms with E-state index in [0.717, 1.165) is 6.42 Å². The maximum absolute atomic E-state index is 12.9. The summed E-state index contributed by atoms with van der Waals surface area (Å²) in [6, 6.07) is 2.61. The first-order chi connectivity index (χ1) is 7.00. The lowest BCUT2D eigenvalue weighted by molar-refractivity contribution is 0.289. The number of halogens is 2. The predicted molar refractivity (Wildman–Crippen MR) is 63.5 cm³/mol. The zero-order chi connectivity index (χ0) is 11.4. The van der Waals surface area contributed by atoms with Crippen LogP contribution in [0.15, 0.2) is 16.6 Å². The van der Waals surface area contributed by atoms with Crippen molar-refractivity contribution < 1.29 is 9.13 Å². The van der Waals surface area contributed by atoms with Crippen LogP contribution in [0.1, 0.15) is 20.3 Å². The van der Waals surface area contributed by atoms with E-state index in [0.29, 0.717) is 28.4 Å². The summed E-state index contributed by atoms with van der Waals surface area (Å²) in [5.74, 6) is 0.734. The fraction of sp³-hybridized carbons (Fsp3) is 0.455. The number of nitrogens with two attached hydrogens (primary N) is 1. The number of nitrogen functional groups attached to an aromatic ring is 1. The molecule has 1 aromatic carbocycles. The van der Waals surface area contributed by atoms with E-state index in [4.69, 9.17) is 10.5 Å². The Morgan fingerprint density at radius 3 is 2.67 bits per heavy atom. The molecule has 0 aliphatic rings. The van der Waals surface area contributed by atoms with Crippen molar-refractivity contribution >= 4 is 21.6 Å². The molecule has 0 aliphatic carbocycles. The molecule has 2 N–H and O–H groups in total. The molecule has 0 atom stereocenters. The first-order valence-corrected chi connectivity index (χ1v) is 5.67. The molecule has 15 heavy (non-hydrogen) atoms. The lowest BCUT2D eigenvalue weighted by Gasteiger charge is -2.12. The number of anilines is 1. The molecule has 0 unspecified atom stereocenters. The molecule has 0 saturated carbocycles. The van der Waals surface area contributed by atoms with Crippen LogP contribution in [0.5, 0.6) is 5.75 Å². The summed E-state index contributed by atoms with van der Waals surface area (Å²) in [6.45, 7) is 4.82. The molecule has 0 fully saturated rings. The van der Waals surface area contributed by atoms with Crippen molar-refractivity contribution in [3.8, 4) is 5.75 Å². The number of rotatable bonds is 4. The Bertz CT molecular complexity index is 318. The van der Waals surface area contributed by atoms with Crippen LogP contribution in [0.25, 0.3) is 0 Å². The zero-order valence-corrected chi connectivity index (χ0v) is 10.5. The number of hydrogen-bond donors (Lipinski definition) is 1. The summed E-state index contributed by atoms with van der Waals surface area (Å²) in [7, 11) is 0. The van der Waals surface area contributed by atoms with E-state index in [1.165, 1.54) is 12.1 Å². The van der Waals surface area contributed by atoms with Crippen LogP contribution in [-0.2, 0) is 0 Å². The molecule has 0 aliphatic heterocycles. The summed E-state index contributed by atoms with van der Waals surface area (Å²) in [5, 5.41) is 0. The Labute approximate surface area is 97.7 Å². The number of hydrogen-bond acceptors (Lipinski definition) is 2. The SMILES string of the molecule is CC(C)CCOc1c(N)cc(F)cc1Br. The Hall–Kier alpha value is -0.770. The Morgan fingerprint density at radius 2 is 2.13 bits per heavy atom. The van der Waals surface area contributed by atoms with E-state index >= 15 is 0 Å². The largest absolute Gasteiger partial charge is 0.490 e. The van der Waals surface area contributed by atoms with Gasteiger partial charge in [-0.25, -0.2) is 4.39 Å².